The Morgan fingerprint density at radius 3 is 2.78 bits per heavy atom. The van der Waals surface area contributed by atoms with Crippen LogP contribution >= 0.6 is 0 Å². The molecule has 0 spiro atoms. The SMILES string of the molecule is O=C1CCCCC1[CH]O. The molecule has 0 saturated heterocycles. The van der Waals surface area contributed by atoms with Gasteiger partial charge in [0, 0.05) is 12.3 Å². The summed E-state index contributed by atoms with van der Waals surface area (Å²) >= 11 is 0. The Kier molecular flexibility index (Phi) is 2.22. The molecule has 9 heavy (non-hydrogen) atoms. The summed E-state index contributed by atoms with van der Waals surface area (Å²) in [4.78, 5) is 10.8. The molecular weight excluding hydrogens is 116 g/mol. The van der Waals surface area contributed by atoms with E-state index in [0.29, 0.717) is 6.42 Å². The van der Waals surface area contributed by atoms with Gasteiger partial charge in [-0.1, -0.05) is 6.42 Å². The number of hydrogen-bond donors (Lipinski definition) is 1. The van der Waals surface area contributed by atoms with Crippen LogP contribution in [-0.2, 0) is 4.79 Å². The Morgan fingerprint density at radius 1 is 1.56 bits per heavy atom. The minimum atomic E-state index is -0.154. The molecule has 0 heterocycles. The van der Waals surface area contributed by atoms with E-state index in [1.807, 2.05) is 0 Å². The molecule has 51 valence electrons. The average molecular weight is 127 g/mol. The zero-order chi connectivity index (χ0) is 6.69. The first kappa shape index (κ1) is 6.75. The Morgan fingerprint density at radius 2 is 2.33 bits per heavy atom. The third kappa shape index (κ3) is 1.52. The van der Waals surface area contributed by atoms with Crippen molar-refractivity contribution in [1.82, 2.24) is 0 Å². The fraction of sp³-hybridized carbons (Fsp3) is 0.714. The quantitative estimate of drug-likeness (QED) is 0.576. The molecule has 1 rings (SSSR count). The average Bonchev–Trinajstić information content (AvgIpc) is 1.89. The van der Waals surface area contributed by atoms with Gasteiger partial charge in [-0.3, -0.25) is 4.79 Å². The minimum absolute atomic E-state index is 0.154. The van der Waals surface area contributed by atoms with Gasteiger partial charge in [0.05, 0.1) is 6.61 Å². The molecule has 1 aliphatic rings. The van der Waals surface area contributed by atoms with Crippen molar-refractivity contribution >= 4 is 5.78 Å². The van der Waals surface area contributed by atoms with E-state index < -0.39 is 0 Å². The number of carbonyl (C=O) groups is 1. The molecule has 1 unspecified atom stereocenters. The highest BCUT2D eigenvalue weighted by Gasteiger charge is 2.20. The van der Waals surface area contributed by atoms with Crippen molar-refractivity contribution in [2.24, 2.45) is 5.92 Å². The van der Waals surface area contributed by atoms with Crippen molar-refractivity contribution in [2.75, 3.05) is 0 Å². The van der Waals surface area contributed by atoms with E-state index >= 15 is 0 Å². The number of rotatable bonds is 1. The zero-order valence-corrected chi connectivity index (χ0v) is 5.34. The van der Waals surface area contributed by atoms with Crippen LogP contribution in [0.25, 0.3) is 0 Å². The zero-order valence-electron chi connectivity index (χ0n) is 5.34. The van der Waals surface area contributed by atoms with Gasteiger partial charge in [-0.2, -0.15) is 0 Å². The van der Waals surface area contributed by atoms with E-state index in [9.17, 15) is 4.79 Å². The summed E-state index contributed by atoms with van der Waals surface area (Å²) in [6.07, 6.45) is 3.58. The second-order valence-electron chi connectivity index (χ2n) is 2.47. The van der Waals surface area contributed by atoms with Crippen LogP contribution in [0.5, 0.6) is 0 Å². The second-order valence-corrected chi connectivity index (χ2v) is 2.47. The van der Waals surface area contributed by atoms with E-state index in [1.54, 1.807) is 0 Å². The van der Waals surface area contributed by atoms with E-state index in [2.05, 4.69) is 0 Å². The summed E-state index contributed by atoms with van der Waals surface area (Å²) in [6, 6.07) is 0. The molecule has 1 radical (unpaired) electrons. The monoisotopic (exact) mass is 127 g/mol. The lowest BCUT2D eigenvalue weighted by Crippen LogP contribution is -2.18. The summed E-state index contributed by atoms with van der Waals surface area (Å²) < 4.78 is 0. The molecule has 1 atom stereocenters. The topological polar surface area (TPSA) is 37.3 Å². The molecule has 0 aromatic rings. The van der Waals surface area contributed by atoms with Crippen LogP contribution in [0.15, 0.2) is 0 Å². The lowest BCUT2D eigenvalue weighted by molar-refractivity contribution is -0.124. The lowest BCUT2D eigenvalue weighted by atomic mass is 9.89. The molecular formula is C7H11O2. The maximum Gasteiger partial charge on any atom is 0.138 e. The molecule has 1 N–H and O–H groups in total. The maximum atomic E-state index is 10.8. The largest absolute Gasteiger partial charge is 0.390 e. The highest BCUT2D eigenvalue weighted by Crippen LogP contribution is 2.21. The van der Waals surface area contributed by atoms with Crippen molar-refractivity contribution in [2.45, 2.75) is 25.7 Å². The van der Waals surface area contributed by atoms with Crippen molar-refractivity contribution < 1.29 is 9.90 Å². The number of hydrogen-bond acceptors (Lipinski definition) is 2. The van der Waals surface area contributed by atoms with Crippen molar-refractivity contribution in [3.8, 4) is 0 Å². The van der Waals surface area contributed by atoms with Gasteiger partial charge in [-0.15, -0.1) is 0 Å². The van der Waals surface area contributed by atoms with Crippen LogP contribution < -0.4 is 0 Å². The first-order valence-electron chi connectivity index (χ1n) is 3.35. The standard InChI is InChI=1S/C7H11O2/c8-5-6-3-1-2-4-7(6)9/h5-6,8H,1-4H2. The van der Waals surface area contributed by atoms with Gasteiger partial charge in [0.1, 0.15) is 5.78 Å². The third-order valence-electron chi connectivity index (χ3n) is 1.78. The van der Waals surface area contributed by atoms with Crippen LogP contribution in [0.1, 0.15) is 25.7 Å². The fourth-order valence-electron chi connectivity index (χ4n) is 1.17. The first-order chi connectivity index (χ1) is 4.34. The second kappa shape index (κ2) is 2.97. The van der Waals surface area contributed by atoms with Gasteiger partial charge in [0.2, 0.25) is 0 Å². The van der Waals surface area contributed by atoms with Crippen molar-refractivity contribution in [3.05, 3.63) is 6.61 Å². The molecule has 0 aromatic heterocycles. The Bertz CT molecular complexity index is 109. The van der Waals surface area contributed by atoms with Crippen LogP contribution in [-0.4, -0.2) is 10.9 Å². The van der Waals surface area contributed by atoms with E-state index in [4.69, 9.17) is 5.11 Å². The van der Waals surface area contributed by atoms with Crippen molar-refractivity contribution in [3.63, 3.8) is 0 Å². The van der Waals surface area contributed by atoms with Gasteiger partial charge in [-0.05, 0) is 12.8 Å². The maximum absolute atomic E-state index is 10.8. The summed E-state index contributed by atoms with van der Waals surface area (Å²) in [5, 5.41) is 8.52. The number of aliphatic hydroxyl groups excluding tert-OH is 1. The van der Waals surface area contributed by atoms with Crippen LogP contribution in [0.4, 0.5) is 0 Å². The number of ketones is 1. The summed E-state index contributed by atoms with van der Waals surface area (Å²) in [7, 11) is 0. The normalized spacial score (nSPS) is 28.6. The predicted octanol–water partition coefficient (Wildman–Crippen LogP) is 1.28. The summed E-state index contributed by atoms with van der Waals surface area (Å²) in [6.45, 7) is 1.03. The van der Waals surface area contributed by atoms with Gasteiger partial charge in [0.15, 0.2) is 0 Å². The molecule has 0 aromatic carbocycles. The number of aliphatic hydroxyl groups is 1. The fourth-order valence-corrected chi connectivity index (χ4v) is 1.17. The Labute approximate surface area is 54.9 Å². The molecule has 0 aliphatic heterocycles. The lowest BCUT2D eigenvalue weighted by Gasteiger charge is -2.16. The van der Waals surface area contributed by atoms with E-state index in [1.165, 1.54) is 0 Å². The Balaban J connectivity index is 2.39. The Hall–Kier alpha value is -0.370. The summed E-state index contributed by atoms with van der Waals surface area (Å²) in [5.74, 6) is 0.0440. The van der Waals surface area contributed by atoms with Gasteiger partial charge >= 0.3 is 0 Å². The number of Topliss-reactive ketones (excluding diaryl/α,β-unsaturated/α-hetero) is 1. The molecule has 1 aliphatic carbocycles. The van der Waals surface area contributed by atoms with Gasteiger partial charge in [0.25, 0.3) is 0 Å². The predicted molar refractivity (Wildman–Crippen MR) is 33.2 cm³/mol. The van der Waals surface area contributed by atoms with E-state index in [0.717, 1.165) is 25.9 Å². The van der Waals surface area contributed by atoms with E-state index in [-0.39, 0.29) is 11.7 Å². The third-order valence-corrected chi connectivity index (χ3v) is 1.78. The summed E-state index contributed by atoms with van der Waals surface area (Å²) in [5.41, 5.74) is 0. The highest BCUT2D eigenvalue weighted by molar-refractivity contribution is 5.82. The molecule has 2 heteroatoms. The van der Waals surface area contributed by atoms with Crippen LogP contribution in [0.3, 0.4) is 0 Å². The highest BCUT2D eigenvalue weighted by atomic mass is 16.3. The first-order valence-corrected chi connectivity index (χ1v) is 3.35. The minimum Gasteiger partial charge on any atom is -0.390 e. The van der Waals surface area contributed by atoms with Crippen molar-refractivity contribution in [1.29, 1.82) is 0 Å². The molecule has 1 saturated carbocycles. The molecule has 2 nitrogen and oxygen atoms in total. The smallest absolute Gasteiger partial charge is 0.138 e. The number of carbonyl (C=O) groups excluding carboxylic acids is 1. The van der Waals surface area contributed by atoms with Crippen LogP contribution in [0.2, 0.25) is 0 Å². The molecule has 1 fully saturated rings. The van der Waals surface area contributed by atoms with Gasteiger partial charge < -0.3 is 5.11 Å². The van der Waals surface area contributed by atoms with Gasteiger partial charge in [-0.25, -0.2) is 0 Å². The molecule has 0 amide bonds. The van der Waals surface area contributed by atoms with Crippen LogP contribution in [0, 0.1) is 12.5 Å². The molecule has 0 bridgehead atoms.